The molecule has 0 bridgehead atoms. The molecule has 2 unspecified atom stereocenters. The van der Waals surface area contributed by atoms with Gasteiger partial charge < -0.3 is 15.4 Å². The van der Waals surface area contributed by atoms with Crippen molar-refractivity contribution >= 4 is 5.97 Å². The van der Waals surface area contributed by atoms with Crippen LogP contribution in [0.2, 0.25) is 0 Å². The second-order valence-electron chi connectivity index (χ2n) is 4.43. The van der Waals surface area contributed by atoms with Crippen LogP contribution in [0.15, 0.2) is 5.11 Å². The number of nitrogens with one attached hydrogen (secondary N) is 2. The summed E-state index contributed by atoms with van der Waals surface area (Å²) in [5.74, 6) is -0.0729. The first-order valence-corrected chi connectivity index (χ1v) is 6.31. The largest absolute Gasteiger partial charge is 0.465 e. The lowest BCUT2D eigenvalue weighted by atomic mass is 9.79. The molecule has 2 atom stereocenters. The van der Waals surface area contributed by atoms with E-state index in [4.69, 9.17) is 10.3 Å². The summed E-state index contributed by atoms with van der Waals surface area (Å²) in [5.41, 5.74) is 7.58. The van der Waals surface area contributed by atoms with Crippen LogP contribution in [0.1, 0.15) is 20.3 Å². The van der Waals surface area contributed by atoms with E-state index >= 15 is 0 Å². The highest BCUT2D eigenvalue weighted by molar-refractivity contribution is 5.81. The summed E-state index contributed by atoms with van der Waals surface area (Å²) in [6.07, 6.45) is 0.684. The van der Waals surface area contributed by atoms with Crippen molar-refractivity contribution in [2.75, 3.05) is 32.8 Å². The third-order valence-corrected chi connectivity index (χ3v) is 3.34. The Morgan fingerprint density at radius 2 is 2.50 bits per heavy atom. The summed E-state index contributed by atoms with van der Waals surface area (Å²) < 4.78 is 5.18. The van der Waals surface area contributed by atoms with Crippen LogP contribution < -0.4 is 10.6 Å². The Kier molecular flexibility index (Phi) is 5.91. The van der Waals surface area contributed by atoms with E-state index in [9.17, 15) is 4.79 Å². The van der Waals surface area contributed by atoms with Gasteiger partial charge in [-0.05, 0) is 31.3 Å². The van der Waals surface area contributed by atoms with Crippen LogP contribution in [0, 0.1) is 5.92 Å². The third kappa shape index (κ3) is 3.35. The fourth-order valence-electron chi connectivity index (χ4n) is 2.30. The summed E-state index contributed by atoms with van der Waals surface area (Å²) >= 11 is 0. The first-order valence-electron chi connectivity index (χ1n) is 6.31. The topological polar surface area (TPSA) is 99.1 Å². The van der Waals surface area contributed by atoms with Gasteiger partial charge in [-0.2, -0.15) is 0 Å². The van der Waals surface area contributed by atoms with E-state index in [1.807, 2.05) is 6.92 Å². The highest BCUT2D eigenvalue weighted by Gasteiger charge is 2.45. The Morgan fingerprint density at radius 3 is 3.11 bits per heavy atom. The second kappa shape index (κ2) is 7.20. The Hall–Kier alpha value is -1.30. The highest BCUT2D eigenvalue weighted by Crippen LogP contribution is 2.25. The van der Waals surface area contributed by atoms with E-state index in [-0.39, 0.29) is 11.9 Å². The van der Waals surface area contributed by atoms with E-state index in [1.54, 1.807) is 6.92 Å². The van der Waals surface area contributed by atoms with Gasteiger partial charge in [-0.15, -0.1) is 0 Å². The van der Waals surface area contributed by atoms with E-state index in [1.165, 1.54) is 0 Å². The third-order valence-electron chi connectivity index (χ3n) is 3.34. The number of carbonyl (C=O) groups excluding carboxylic acids is 1. The van der Waals surface area contributed by atoms with Crippen molar-refractivity contribution in [2.24, 2.45) is 11.0 Å². The number of piperidine rings is 1. The van der Waals surface area contributed by atoms with Crippen molar-refractivity contribution in [1.82, 2.24) is 10.6 Å². The summed E-state index contributed by atoms with van der Waals surface area (Å²) in [4.78, 5) is 14.9. The molecule has 18 heavy (non-hydrogen) atoms. The first kappa shape index (κ1) is 14.8. The second-order valence-corrected chi connectivity index (χ2v) is 4.43. The van der Waals surface area contributed by atoms with Crippen molar-refractivity contribution in [3.05, 3.63) is 10.4 Å². The number of carbonyl (C=O) groups is 1. The average molecular weight is 255 g/mol. The number of ether oxygens (including phenoxy) is 1. The Bertz CT molecular complexity index is 329. The molecule has 102 valence electrons. The highest BCUT2D eigenvalue weighted by atomic mass is 16.5. The Balaban J connectivity index is 2.72. The molecule has 1 fully saturated rings. The fourth-order valence-corrected chi connectivity index (χ4v) is 2.30. The molecule has 7 heteroatoms. The summed E-state index contributed by atoms with van der Waals surface area (Å²) in [5, 5.41) is 9.95. The van der Waals surface area contributed by atoms with Gasteiger partial charge in [0.25, 0.3) is 0 Å². The van der Waals surface area contributed by atoms with Gasteiger partial charge in [0.1, 0.15) is 5.54 Å². The van der Waals surface area contributed by atoms with Gasteiger partial charge >= 0.3 is 5.97 Å². The monoisotopic (exact) mass is 255 g/mol. The average Bonchev–Trinajstić information content (AvgIpc) is 2.37. The van der Waals surface area contributed by atoms with Gasteiger partial charge in [-0.1, -0.05) is 12.0 Å². The van der Waals surface area contributed by atoms with E-state index in [0.29, 0.717) is 26.1 Å². The normalized spacial score (nSPS) is 27.3. The lowest BCUT2D eigenvalue weighted by molar-refractivity contribution is -0.155. The molecule has 1 rings (SSSR count). The lowest BCUT2D eigenvalue weighted by Crippen LogP contribution is -2.63. The van der Waals surface area contributed by atoms with Crippen LogP contribution in [0.4, 0.5) is 0 Å². The molecule has 1 heterocycles. The first-order chi connectivity index (χ1) is 8.67. The van der Waals surface area contributed by atoms with Crippen molar-refractivity contribution in [2.45, 2.75) is 25.8 Å². The zero-order valence-corrected chi connectivity index (χ0v) is 11.0. The lowest BCUT2D eigenvalue weighted by Gasteiger charge is -2.41. The quantitative estimate of drug-likeness (QED) is 0.241. The van der Waals surface area contributed by atoms with E-state index in [0.717, 1.165) is 13.1 Å². The number of hydrogen-bond acceptors (Lipinski definition) is 5. The molecular formula is C11H21N5O2. The molecule has 0 aromatic rings. The van der Waals surface area contributed by atoms with Crippen LogP contribution >= 0.6 is 0 Å². The maximum absolute atomic E-state index is 12.2. The van der Waals surface area contributed by atoms with Crippen LogP contribution in [0.25, 0.3) is 10.4 Å². The molecular weight excluding hydrogens is 234 g/mol. The fraction of sp³-hybridized carbons (Fsp3) is 0.909. The van der Waals surface area contributed by atoms with Gasteiger partial charge in [0.2, 0.25) is 0 Å². The molecule has 0 aliphatic carbocycles. The number of hydrogen-bond donors (Lipinski definition) is 2. The molecule has 2 N–H and O–H groups in total. The summed E-state index contributed by atoms with van der Waals surface area (Å²) in [6.45, 7) is 6.55. The molecule has 7 nitrogen and oxygen atoms in total. The van der Waals surface area contributed by atoms with E-state index < -0.39 is 5.54 Å². The van der Waals surface area contributed by atoms with Crippen LogP contribution in [-0.2, 0) is 9.53 Å². The van der Waals surface area contributed by atoms with Crippen molar-refractivity contribution < 1.29 is 9.53 Å². The molecule has 0 aromatic carbocycles. The van der Waals surface area contributed by atoms with Crippen LogP contribution in [-0.4, -0.2) is 44.3 Å². The molecule has 1 aliphatic rings. The molecule has 1 aliphatic heterocycles. The standard InChI is InChI=1S/C11H21N5O2/c1-3-18-10(17)11(14-6-7-15-16-12)4-5-13-8-9(11)2/h9,13-14H,3-8H2,1-2H3. The maximum Gasteiger partial charge on any atom is 0.326 e. The van der Waals surface area contributed by atoms with Crippen molar-refractivity contribution in [3.63, 3.8) is 0 Å². The minimum Gasteiger partial charge on any atom is -0.465 e. The predicted molar refractivity (Wildman–Crippen MR) is 68.0 cm³/mol. The van der Waals surface area contributed by atoms with Gasteiger partial charge in [-0.3, -0.25) is 4.79 Å². The number of azide groups is 1. The number of esters is 1. The smallest absolute Gasteiger partial charge is 0.326 e. The van der Waals surface area contributed by atoms with Gasteiger partial charge in [0.15, 0.2) is 0 Å². The molecule has 0 saturated carbocycles. The summed E-state index contributed by atoms with van der Waals surface area (Å²) in [7, 11) is 0. The van der Waals surface area contributed by atoms with Crippen LogP contribution in [0.3, 0.4) is 0 Å². The van der Waals surface area contributed by atoms with Gasteiger partial charge in [0.05, 0.1) is 6.61 Å². The van der Waals surface area contributed by atoms with Crippen LogP contribution in [0.5, 0.6) is 0 Å². The minimum atomic E-state index is -0.660. The molecule has 0 spiro atoms. The van der Waals surface area contributed by atoms with Crippen molar-refractivity contribution in [3.8, 4) is 0 Å². The van der Waals surface area contributed by atoms with Crippen molar-refractivity contribution in [1.29, 1.82) is 0 Å². The SMILES string of the molecule is CCOC(=O)C1(NCCN=[N+]=[N-])CCNCC1C. The minimum absolute atomic E-state index is 0.136. The maximum atomic E-state index is 12.2. The Morgan fingerprint density at radius 1 is 1.72 bits per heavy atom. The zero-order valence-electron chi connectivity index (χ0n) is 11.0. The zero-order chi connectivity index (χ0) is 13.4. The molecule has 1 saturated heterocycles. The molecule has 0 radical (unpaired) electrons. The number of rotatable bonds is 6. The van der Waals surface area contributed by atoms with Gasteiger partial charge in [0, 0.05) is 24.5 Å². The number of nitrogens with zero attached hydrogens (tertiary/aromatic N) is 3. The van der Waals surface area contributed by atoms with Gasteiger partial charge in [-0.25, -0.2) is 0 Å². The Labute approximate surface area is 107 Å². The molecule has 0 aromatic heterocycles. The molecule has 0 amide bonds. The van der Waals surface area contributed by atoms with E-state index in [2.05, 4.69) is 20.7 Å². The summed E-state index contributed by atoms with van der Waals surface area (Å²) in [6, 6.07) is 0. The predicted octanol–water partition coefficient (Wildman–Crippen LogP) is 0.818.